The second-order valence-electron chi connectivity index (χ2n) is 4.90. The molecule has 1 atom stereocenters. The zero-order valence-corrected chi connectivity index (χ0v) is 9.55. The molecule has 0 aliphatic carbocycles. The van der Waals surface area contributed by atoms with E-state index in [1.54, 1.807) is 0 Å². The lowest BCUT2D eigenvalue weighted by Crippen LogP contribution is -2.13. The zero-order valence-electron chi connectivity index (χ0n) is 9.55. The summed E-state index contributed by atoms with van der Waals surface area (Å²) in [5.41, 5.74) is 1.26. The van der Waals surface area contributed by atoms with E-state index in [0.29, 0.717) is 11.3 Å². The summed E-state index contributed by atoms with van der Waals surface area (Å²) in [7, 11) is 0. The van der Waals surface area contributed by atoms with Crippen LogP contribution < -0.4 is 0 Å². The number of hydrogen-bond acceptors (Lipinski definition) is 1. The van der Waals surface area contributed by atoms with Gasteiger partial charge in [-0.15, -0.1) is 0 Å². The summed E-state index contributed by atoms with van der Waals surface area (Å²) in [6.45, 7) is 10.8. The van der Waals surface area contributed by atoms with Crippen LogP contribution in [0.25, 0.3) is 0 Å². The molecule has 0 radical (unpaired) electrons. The minimum absolute atomic E-state index is 0.301. The van der Waals surface area contributed by atoms with Crippen molar-refractivity contribution in [3.8, 4) is 0 Å². The summed E-state index contributed by atoms with van der Waals surface area (Å²) in [5.74, 6) is 0.387. The molecule has 0 N–H and O–H groups in total. The number of allylic oxidation sites excluding steroid dienone is 2. The first-order chi connectivity index (χ1) is 5.90. The highest BCUT2D eigenvalue weighted by molar-refractivity contribution is 5.73. The van der Waals surface area contributed by atoms with Gasteiger partial charge in [-0.3, -0.25) is 4.79 Å². The zero-order chi connectivity index (χ0) is 10.5. The maximum atomic E-state index is 10.8. The molecule has 0 heterocycles. The highest BCUT2D eigenvalue weighted by Gasteiger charge is 2.17. The fourth-order valence-electron chi connectivity index (χ4n) is 1.64. The molecular weight excluding hydrogens is 160 g/mol. The minimum atomic E-state index is 0.301. The highest BCUT2D eigenvalue weighted by Crippen LogP contribution is 2.27. The number of carbonyl (C=O) groups excluding carboxylic acids is 1. The lowest BCUT2D eigenvalue weighted by molar-refractivity contribution is -0.105. The van der Waals surface area contributed by atoms with Crippen molar-refractivity contribution in [1.29, 1.82) is 0 Å². The third-order valence-corrected chi connectivity index (χ3v) is 2.06. The van der Waals surface area contributed by atoms with E-state index in [9.17, 15) is 4.79 Å². The van der Waals surface area contributed by atoms with Crippen LogP contribution in [-0.4, -0.2) is 6.29 Å². The maximum Gasteiger partial charge on any atom is 0.145 e. The smallest absolute Gasteiger partial charge is 0.145 e. The van der Waals surface area contributed by atoms with Gasteiger partial charge in [0.25, 0.3) is 0 Å². The Morgan fingerprint density at radius 2 is 1.92 bits per heavy atom. The van der Waals surface area contributed by atoms with Crippen LogP contribution in [0, 0.1) is 11.3 Å². The van der Waals surface area contributed by atoms with Crippen molar-refractivity contribution < 1.29 is 4.79 Å². The molecule has 76 valence electrons. The van der Waals surface area contributed by atoms with Crippen molar-refractivity contribution in [2.75, 3.05) is 0 Å². The summed E-state index contributed by atoms with van der Waals surface area (Å²) in [5, 5.41) is 0. The van der Waals surface area contributed by atoms with Crippen molar-refractivity contribution in [3.63, 3.8) is 0 Å². The number of hydrogen-bond donors (Lipinski definition) is 0. The second kappa shape index (κ2) is 5.21. The van der Waals surface area contributed by atoms with Crippen LogP contribution in [0.1, 0.15) is 47.5 Å². The Morgan fingerprint density at radius 3 is 2.23 bits per heavy atom. The summed E-state index contributed by atoms with van der Waals surface area (Å²) in [6, 6.07) is 0. The van der Waals surface area contributed by atoms with E-state index >= 15 is 0 Å². The summed E-state index contributed by atoms with van der Waals surface area (Å²) in [4.78, 5) is 10.8. The first-order valence-corrected chi connectivity index (χ1v) is 5.06. The van der Waals surface area contributed by atoms with Crippen molar-refractivity contribution in [3.05, 3.63) is 11.6 Å². The Labute approximate surface area is 82.2 Å². The number of carbonyl (C=O) groups is 1. The van der Waals surface area contributed by atoms with Crippen LogP contribution in [0.15, 0.2) is 11.6 Å². The van der Waals surface area contributed by atoms with E-state index in [1.165, 1.54) is 0 Å². The van der Waals surface area contributed by atoms with E-state index in [4.69, 9.17) is 0 Å². The molecule has 0 bridgehead atoms. The standard InChI is InChI=1S/C12H22O/c1-6-7-11(9-13)10(2)8-12(3,4)5/h7,9-10H,6,8H2,1-5H3. The largest absolute Gasteiger partial charge is 0.298 e. The van der Waals surface area contributed by atoms with E-state index in [0.717, 1.165) is 24.7 Å². The van der Waals surface area contributed by atoms with Gasteiger partial charge in [-0.2, -0.15) is 0 Å². The van der Waals surface area contributed by atoms with Gasteiger partial charge in [-0.05, 0) is 29.7 Å². The van der Waals surface area contributed by atoms with E-state index in [2.05, 4.69) is 34.6 Å². The van der Waals surface area contributed by atoms with Crippen LogP contribution in [0.3, 0.4) is 0 Å². The molecule has 0 aromatic carbocycles. The molecule has 0 aromatic rings. The molecule has 0 spiro atoms. The summed E-state index contributed by atoms with van der Waals surface area (Å²) in [6.07, 6.45) is 5.05. The van der Waals surface area contributed by atoms with E-state index in [-0.39, 0.29) is 0 Å². The average molecular weight is 182 g/mol. The monoisotopic (exact) mass is 182 g/mol. The molecule has 0 aliphatic rings. The normalized spacial score (nSPS) is 15.6. The molecule has 0 amide bonds. The quantitative estimate of drug-likeness (QED) is 0.479. The predicted molar refractivity (Wildman–Crippen MR) is 57.7 cm³/mol. The van der Waals surface area contributed by atoms with Crippen molar-refractivity contribution in [2.24, 2.45) is 11.3 Å². The Morgan fingerprint density at radius 1 is 1.38 bits per heavy atom. The van der Waals surface area contributed by atoms with Crippen LogP contribution in [0.4, 0.5) is 0 Å². The SMILES string of the molecule is CCC=C(C=O)C(C)CC(C)(C)C. The molecule has 0 saturated carbocycles. The number of aldehydes is 1. The molecule has 0 fully saturated rings. The van der Waals surface area contributed by atoms with Gasteiger partial charge in [0.2, 0.25) is 0 Å². The molecule has 0 rings (SSSR count). The molecular formula is C12H22O. The van der Waals surface area contributed by atoms with Gasteiger partial charge >= 0.3 is 0 Å². The molecule has 0 aromatic heterocycles. The predicted octanol–water partition coefficient (Wildman–Crippen LogP) is 3.59. The lowest BCUT2D eigenvalue weighted by atomic mass is 9.82. The second-order valence-corrected chi connectivity index (χ2v) is 4.90. The first-order valence-electron chi connectivity index (χ1n) is 5.06. The highest BCUT2D eigenvalue weighted by atomic mass is 16.1. The van der Waals surface area contributed by atoms with Crippen molar-refractivity contribution in [2.45, 2.75) is 47.5 Å². The molecule has 1 nitrogen and oxygen atoms in total. The Bertz CT molecular complexity index is 184. The van der Waals surface area contributed by atoms with Crippen LogP contribution in [-0.2, 0) is 4.79 Å². The van der Waals surface area contributed by atoms with Crippen LogP contribution in [0.2, 0.25) is 0 Å². The molecule has 1 unspecified atom stereocenters. The van der Waals surface area contributed by atoms with Gasteiger partial charge < -0.3 is 0 Å². The topological polar surface area (TPSA) is 17.1 Å². The van der Waals surface area contributed by atoms with E-state index < -0.39 is 0 Å². The van der Waals surface area contributed by atoms with E-state index in [1.807, 2.05) is 6.08 Å². The van der Waals surface area contributed by atoms with Gasteiger partial charge in [-0.1, -0.05) is 40.7 Å². The average Bonchev–Trinajstić information content (AvgIpc) is 1.96. The van der Waals surface area contributed by atoms with Gasteiger partial charge in [0.15, 0.2) is 0 Å². The van der Waals surface area contributed by atoms with Crippen LogP contribution in [0.5, 0.6) is 0 Å². The van der Waals surface area contributed by atoms with Gasteiger partial charge in [0.1, 0.15) is 6.29 Å². The first kappa shape index (κ1) is 12.4. The Kier molecular flexibility index (Phi) is 4.97. The summed E-state index contributed by atoms with van der Waals surface area (Å²) >= 11 is 0. The van der Waals surface area contributed by atoms with Gasteiger partial charge in [0.05, 0.1) is 0 Å². The Hall–Kier alpha value is -0.590. The molecule has 13 heavy (non-hydrogen) atoms. The molecule has 0 saturated heterocycles. The fourth-order valence-corrected chi connectivity index (χ4v) is 1.64. The van der Waals surface area contributed by atoms with Crippen molar-refractivity contribution in [1.82, 2.24) is 0 Å². The summed E-state index contributed by atoms with van der Waals surface area (Å²) < 4.78 is 0. The molecule has 1 heteroatoms. The van der Waals surface area contributed by atoms with Gasteiger partial charge in [-0.25, -0.2) is 0 Å². The fraction of sp³-hybridized carbons (Fsp3) is 0.750. The minimum Gasteiger partial charge on any atom is -0.298 e. The third kappa shape index (κ3) is 5.62. The van der Waals surface area contributed by atoms with Gasteiger partial charge in [0, 0.05) is 0 Å². The lowest BCUT2D eigenvalue weighted by Gasteiger charge is -2.23. The maximum absolute atomic E-state index is 10.8. The van der Waals surface area contributed by atoms with Crippen LogP contribution >= 0.6 is 0 Å². The molecule has 0 aliphatic heterocycles. The Balaban J connectivity index is 4.31. The van der Waals surface area contributed by atoms with Crippen molar-refractivity contribution >= 4 is 6.29 Å². The third-order valence-electron chi connectivity index (χ3n) is 2.06. The number of rotatable bonds is 4.